The van der Waals surface area contributed by atoms with Crippen molar-refractivity contribution in [1.29, 1.82) is 0 Å². The summed E-state index contributed by atoms with van der Waals surface area (Å²) in [6.07, 6.45) is 0.729. The fourth-order valence-electron chi connectivity index (χ4n) is 2.29. The smallest absolute Gasteiger partial charge is 0.244 e. The summed E-state index contributed by atoms with van der Waals surface area (Å²) in [4.78, 5) is 4.41. The molecular weight excluding hydrogens is 242 g/mol. The number of hydrogen-bond donors (Lipinski definition) is 1. The van der Waals surface area contributed by atoms with E-state index in [4.69, 9.17) is 9.26 Å². The van der Waals surface area contributed by atoms with Crippen LogP contribution in [0.15, 0.2) is 28.8 Å². The molecule has 3 rings (SSSR count). The van der Waals surface area contributed by atoms with Crippen molar-refractivity contribution >= 4 is 0 Å². The lowest BCUT2D eigenvalue weighted by Gasteiger charge is -2.23. The number of rotatable bonds is 3. The SMILES string of the molecule is COC(C)c1noc([C@H]2Cc3ccccc3CN2)n1. The first kappa shape index (κ1) is 12.3. The van der Waals surface area contributed by atoms with Gasteiger partial charge in [0.2, 0.25) is 5.89 Å². The van der Waals surface area contributed by atoms with E-state index in [1.165, 1.54) is 11.1 Å². The summed E-state index contributed by atoms with van der Waals surface area (Å²) in [5.74, 6) is 1.23. The van der Waals surface area contributed by atoms with Gasteiger partial charge in [0, 0.05) is 13.7 Å². The van der Waals surface area contributed by atoms with Gasteiger partial charge < -0.3 is 14.6 Å². The van der Waals surface area contributed by atoms with Crippen molar-refractivity contribution in [2.45, 2.75) is 32.0 Å². The number of nitrogens with zero attached hydrogens (tertiary/aromatic N) is 2. The first-order valence-corrected chi connectivity index (χ1v) is 6.44. The summed E-state index contributed by atoms with van der Waals surface area (Å²) in [5, 5.41) is 7.39. The molecule has 1 aliphatic rings. The molecule has 19 heavy (non-hydrogen) atoms. The van der Waals surface area contributed by atoms with E-state index in [0.717, 1.165) is 13.0 Å². The van der Waals surface area contributed by atoms with Crippen molar-refractivity contribution in [3.8, 4) is 0 Å². The number of nitrogens with one attached hydrogen (secondary N) is 1. The van der Waals surface area contributed by atoms with Gasteiger partial charge in [0.15, 0.2) is 5.82 Å². The summed E-state index contributed by atoms with van der Waals surface area (Å²) in [6, 6.07) is 8.50. The molecule has 0 radical (unpaired) electrons. The van der Waals surface area contributed by atoms with Crippen LogP contribution in [0.25, 0.3) is 0 Å². The van der Waals surface area contributed by atoms with Gasteiger partial charge in [-0.05, 0) is 24.5 Å². The molecule has 1 aromatic carbocycles. The Bertz CT molecular complexity index is 567. The van der Waals surface area contributed by atoms with Gasteiger partial charge in [-0.1, -0.05) is 29.4 Å². The van der Waals surface area contributed by atoms with Gasteiger partial charge in [0.25, 0.3) is 0 Å². The second-order valence-electron chi connectivity index (χ2n) is 4.78. The monoisotopic (exact) mass is 259 g/mol. The van der Waals surface area contributed by atoms with E-state index in [1.807, 2.05) is 6.92 Å². The normalized spacial score (nSPS) is 20.0. The Morgan fingerprint density at radius 3 is 2.95 bits per heavy atom. The van der Waals surface area contributed by atoms with Crippen LogP contribution in [0.2, 0.25) is 0 Å². The van der Waals surface area contributed by atoms with Crippen molar-refractivity contribution in [3.63, 3.8) is 0 Å². The van der Waals surface area contributed by atoms with E-state index < -0.39 is 0 Å². The number of fused-ring (bicyclic) bond motifs is 1. The van der Waals surface area contributed by atoms with E-state index in [2.05, 4.69) is 39.7 Å². The van der Waals surface area contributed by atoms with Gasteiger partial charge in [-0.25, -0.2) is 0 Å². The van der Waals surface area contributed by atoms with E-state index in [0.29, 0.717) is 11.7 Å². The van der Waals surface area contributed by atoms with E-state index in [9.17, 15) is 0 Å². The number of aromatic nitrogens is 2. The molecule has 0 fully saturated rings. The molecule has 100 valence electrons. The predicted molar refractivity (Wildman–Crippen MR) is 69.4 cm³/mol. The minimum Gasteiger partial charge on any atom is -0.374 e. The van der Waals surface area contributed by atoms with E-state index in [-0.39, 0.29) is 12.1 Å². The fraction of sp³-hybridized carbons (Fsp3) is 0.429. The summed E-state index contributed by atoms with van der Waals surface area (Å²) in [6.45, 7) is 2.73. The minimum atomic E-state index is -0.145. The van der Waals surface area contributed by atoms with Crippen molar-refractivity contribution in [2.75, 3.05) is 7.11 Å². The lowest BCUT2D eigenvalue weighted by molar-refractivity contribution is 0.109. The first-order chi connectivity index (χ1) is 9.28. The largest absolute Gasteiger partial charge is 0.374 e. The molecule has 1 aliphatic heterocycles. The molecule has 2 atom stereocenters. The molecule has 0 amide bonds. The molecule has 1 unspecified atom stereocenters. The molecule has 0 bridgehead atoms. The van der Waals surface area contributed by atoms with Crippen LogP contribution in [-0.2, 0) is 17.7 Å². The van der Waals surface area contributed by atoms with Crippen LogP contribution >= 0.6 is 0 Å². The van der Waals surface area contributed by atoms with Crippen molar-refractivity contribution in [1.82, 2.24) is 15.5 Å². The number of methoxy groups -OCH3 is 1. The van der Waals surface area contributed by atoms with Gasteiger partial charge >= 0.3 is 0 Å². The topological polar surface area (TPSA) is 60.2 Å². The highest BCUT2D eigenvalue weighted by atomic mass is 16.5. The standard InChI is InChI=1S/C14H17N3O2/c1-9(18-2)13-16-14(19-17-13)12-7-10-5-3-4-6-11(10)8-15-12/h3-6,9,12,15H,7-8H2,1-2H3/t9?,12-/m1/s1. The Morgan fingerprint density at radius 2 is 2.16 bits per heavy atom. The zero-order valence-electron chi connectivity index (χ0n) is 11.1. The zero-order valence-corrected chi connectivity index (χ0v) is 11.1. The summed E-state index contributed by atoms with van der Waals surface area (Å²) >= 11 is 0. The molecule has 0 saturated heterocycles. The van der Waals surface area contributed by atoms with Crippen molar-refractivity contribution in [3.05, 3.63) is 47.1 Å². The third-order valence-electron chi connectivity index (χ3n) is 3.55. The molecule has 0 spiro atoms. The lowest BCUT2D eigenvalue weighted by atomic mass is 9.96. The van der Waals surface area contributed by atoms with Crippen LogP contribution in [-0.4, -0.2) is 17.3 Å². The third-order valence-corrected chi connectivity index (χ3v) is 3.55. The minimum absolute atomic E-state index is 0.0835. The third kappa shape index (κ3) is 2.39. The Morgan fingerprint density at radius 1 is 1.37 bits per heavy atom. The first-order valence-electron chi connectivity index (χ1n) is 6.44. The van der Waals surface area contributed by atoms with Crippen LogP contribution in [0.3, 0.4) is 0 Å². The molecular formula is C14H17N3O2. The second-order valence-corrected chi connectivity index (χ2v) is 4.78. The molecule has 5 heteroatoms. The second kappa shape index (κ2) is 5.11. The molecule has 1 aromatic heterocycles. The highest BCUT2D eigenvalue weighted by molar-refractivity contribution is 5.30. The molecule has 1 N–H and O–H groups in total. The Hall–Kier alpha value is -1.72. The van der Waals surface area contributed by atoms with Crippen LogP contribution in [0.4, 0.5) is 0 Å². The maximum Gasteiger partial charge on any atom is 0.244 e. The van der Waals surface area contributed by atoms with Crippen LogP contribution in [0.1, 0.15) is 41.9 Å². The maximum atomic E-state index is 5.34. The van der Waals surface area contributed by atoms with Crippen molar-refractivity contribution in [2.24, 2.45) is 0 Å². The van der Waals surface area contributed by atoms with Gasteiger partial charge in [0.1, 0.15) is 6.10 Å². The summed E-state index contributed by atoms with van der Waals surface area (Å²) in [7, 11) is 1.63. The Labute approximate surface area is 112 Å². The molecule has 5 nitrogen and oxygen atoms in total. The highest BCUT2D eigenvalue weighted by Crippen LogP contribution is 2.25. The molecule has 0 aliphatic carbocycles. The van der Waals surface area contributed by atoms with Gasteiger partial charge in [0.05, 0.1) is 6.04 Å². The average molecular weight is 259 g/mol. The zero-order chi connectivity index (χ0) is 13.2. The lowest BCUT2D eigenvalue weighted by Crippen LogP contribution is -2.28. The summed E-state index contributed by atoms with van der Waals surface area (Å²) in [5.41, 5.74) is 2.68. The van der Waals surface area contributed by atoms with Crippen LogP contribution in [0, 0.1) is 0 Å². The molecule has 2 aromatic rings. The molecule has 0 saturated carbocycles. The van der Waals surface area contributed by atoms with Gasteiger partial charge in [-0.2, -0.15) is 4.98 Å². The maximum absolute atomic E-state index is 5.34. The number of benzene rings is 1. The van der Waals surface area contributed by atoms with Crippen LogP contribution in [0.5, 0.6) is 0 Å². The molecule has 2 heterocycles. The van der Waals surface area contributed by atoms with Gasteiger partial charge in [-0.3, -0.25) is 0 Å². The Kier molecular flexibility index (Phi) is 3.31. The van der Waals surface area contributed by atoms with Crippen molar-refractivity contribution < 1.29 is 9.26 Å². The fourth-order valence-corrected chi connectivity index (χ4v) is 2.29. The quantitative estimate of drug-likeness (QED) is 0.915. The highest BCUT2D eigenvalue weighted by Gasteiger charge is 2.25. The van der Waals surface area contributed by atoms with E-state index in [1.54, 1.807) is 7.11 Å². The van der Waals surface area contributed by atoms with E-state index >= 15 is 0 Å². The average Bonchev–Trinajstić information content (AvgIpc) is 2.95. The van der Waals surface area contributed by atoms with Gasteiger partial charge in [-0.15, -0.1) is 0 Å². The number of hydrogen-bond acceptors (Lipinski definition) is 5. The van der Waals surface area contributed by atoms with Crippen LogP contribution < -0.4 is 5.32 Å². The predicted octanol–water partition coefficient (Wildman–Crippen LogP) is 2.16. The number of ether oxygens (including phenoxy) is 1. The Balaban J connectivity index is 1.79. The summed E-state index contributed by atoms with van der Waals surface area (Å²) < 4.78 is 10.5.